The van der Waals surface area contributed by atoms with E-state index in [0.29, 0.717) is 6.04 Å². The van der Waals surface area contributed by atoms with E-state index in [0.717, 1.165) is 6.54 Å². The van der Waals surface area contributed by atoms with Crippen molar-refractivity contribution in [2.75, 3.05) is 13.2 Å². The van der Waals surface area contributed by atoms with E-state index in [9.17, 15) is 0 Å². The highest BCUT2D eigenvalue weighted by atomic mass is 16.3. The first-order valence-electron chi connectivity index (χ1n) is 4.79. The van der Waals surface area contributed by atoms with Gasteiger partial charge in [-0.2, -0.15) is 0 Å². The smallest absolute Gasteiger partial charge is 0.0601 e. The number of nitrogens with two attached hydrogens (primary N) is 1. The van der Waals surface area contributed by atoms with Crippen LogP contribution in [0.25, 0.3) is 0 Å². The molecule has 12 heavy (non-hydrogen) atoms. The maximum absolute atomic E-state index is 9.15. The fourth-order valence-electron chi connectivity index (χ4n) is 2.02. The Labute approximate surface area is 74.5 Å². The minimum atomic E-state index is 0.0653. The Kier molecular flexibility index (Phi) is 3.50. The fraction of sp³-hybridized carbons (Fsp3) is 1.00. The van der Waals surface area contributed by atoms with Gasteiger partial charge in [-0.3, -0.25) is 4.90 Å². The molecule has 0 amide bonds. The highest BCUT2D eigenvalue weighted by molar-refractivity contribution is 4.86. The number of likely N-dealkylation sites (tertiary alicyclic amines) is 1. The molecule has 0 aromatic carbocycles. The minimum Gasteiger partial charge on any atom is -0.395 e. The van der Waals surface area contributed by atoms with Gasteiger partial charge in [0.2, 0.25) is 0 Å². The van der Waals surface area contributed by atoms with Crippen LogP contribution in [0.2, 0.25) is 0 Å². The first-order valence-corrected chi connectivity index (χ1v) is 4.79. The molecule has 0 aromatic rings. The third-order valence-corrected chi connectivity index (χ3v) is 2.82. The number of nitrogens with zero attached hydrogens (tertiary/aromatic N) is 1. The second kappa shape index (κ2) is 4.21. The maximum atomic E-state index is 9.15. The van der Waals surface area contributed by atoms with Crippen molar-refractivity contribution < 1.29 is 5.11 Å². The maximum Gasteiger partial charge on any atom is 0.0601 e. The van der Waals surface area contributed by atoms with E-state index in [1.54, 1.807) is 0 Å². The number of rotatable bonds is 3. The Bertz CT molecular complexity index is 138. The molecule has 1 saturated heterocycles. The van der Waals surface area contributed by atoms with Crippen LogP contribution in [-0.4, -0.2) is 41.3 Å². The van der Waals surface area contributed by atoms with Crippen LogP contribution in [0, 0.1) is 0 Å². The molecule has 3 unspecified atom stereocenters. The number of hydrogen-bond acceptors (Lipinski definition) is 3. The Morgan fingerprint density at radius 3 is 2.67 bits per heavy atom. The average Bonchev–Trinajstić information content (AvgIpc) is 2.38. The minimum absolute atomic E-state index is 0.0653. The topological polar surface area (TPSA) is 49.5 Å². The molecule has 3 atom stereocenters. The molecule has 0 aliphatic carbocycles. The summed E-state index contributed by atoms with van der Waals surface area (Å²) in [5.41, 5.74) is 5.79. The lowest BCUT2D eigenvalue weighted by Crippen LogP contribution is -2.49. The van der Waals surface area contributed by atoms with Crippen LogP contribution in [0.4, 0.5) is 0 Å². The summed E-state index contributed by atoms with van der Waals surface area (Å²) in [7, 11) is 0. The van der Waals surface area contributed by atoms with E-state index in [2.05, 4.69) is 11.8 Å². The molecule has 1 aliphatic heterocycles. The fourth-order valence-corrected chi connectivity index (χ4v) is 2.02. The van der Waals surface area contributed by atoms with Gasteiger partial charge in [0.05, 0.1) is 6.61 Å². The van der Waals surface area contributed by atoms with Crippen LogP contribution >= 0.6 is 0 Å². The van der Waals surface area contributed by atoms with Gasteiger partial charge in [0, 0.05) is 18.1 Å². The lowest BCUT2D eigenvalue weighted by Gasteiger charge is -2.32. The standard InChI is InChI=1S/C9H20N2O/c1-7-4-3-5-11(7)9(6-12)8(2)10/h7-9,12H,3-6,10H2,1-2H3. The normalized spacial score (nSPS) is 30.5. The first kappa shape index (κ1) is 9.96. The summed E-state index contributed by atoms with van der Waals surface area (Å²) in [5, 5.41) is 9.15. The van der Waals surface area contributed by atoms with E-state index in [4.69, 9.17) is 10.8 Å². The molecule has 3 heteroatoms. The molecule has 1 aliphatic rings. The molecular formula is C9H20N2O. The van der Waals surface area contributed by atoms with Crippen LogP contribution in [-0.2, 0) is 0 Å². The number of aliphatic hydroxyl groups is 1. The number of aliphatic hydroxyl groups excluding tert-OH is 1. The summed E-state index contributed by atoms with van der Waals surface area (Å²) < 4.78 is 0. The van der Waals surface area contributed by atoms with Crippen molar-refractivity contribution >= 4 is 0 Å². The summed E-state index contributed by atoms with van der Waals surface area (Å²) >= 11 is 0. The molecule has 0 spiro atoms. The van der Waals surface area contributed by atoms with E-state index < -0.39 is 0 Å². The highest BCUT2D eigenvalue weighted by Crippen LogP contribution is 2.20. The summed E-state index contributed by atoms with van der Waals surface area (Å²) in [6, 6.07) is 0.811. The largest absolute Gasteiger partial charge is 0.395 e. The van der Waals surface area contributed by atoms with Crippen molar-refractivity contribution in [3.63, 3.8) is 0 Å². The second-order valence-corrected chi connectivity index (χ2v) is 3.84. The molecule has 72 valence electrons. The molecule has 0 radical (unpaired) electrons. The predicted octanol–water partition coefficient (Wildman–Crippen LogP) is 0.179. The predicted molar refractivity (Wildman–Crippen MR) is 49.9 cm³/mol. The first-order chi connectivity index (χ1) is 5.66. The Morgan fingerprint density at radius 2 is 2.33 bits per heavy atom. The van der Waals surface area contributed by atoms with Gasteiger partial charge in [-0.15, -0.1) is 0 Å². The van der Waals surface area contributed by atoms with Gasteiger partial charge < -0.3 is 10.8 Å². The molecule has 1 fully saturated rings. The van der Waals surface area contributed by atoms with Crippen LogP contribution in [0.5, 0.6) is 0 Å². The van der Waals surface area contributed by atoms with Gasteiger partial charge >= 0.3 is 0 Å². The average molecular weight is 172 g/mol. The zero-order chi connectivity index (χ0) is 9.14. The summed E-state index contributed by atoms with van der Waals surface area (Å²) in [4.78, 5) is 2.32. The van der Waals surface area contributed by atoms with E-state index in [1.807, 2.05) is 6.92 Å². The molecular weight excluding hydrogens is 152 g/mol. The van der Waals surface area contributed by atoms with Crippen LogP contribution in [0.1, 0.15) is 26.7 Å². The molecule has 0 saturated carbocycles. The summed E-state index contributed by atoms with van der Waals surface area (Å²) in [6.45, 7) is 5.44. The Hall–Kier alpha value is -0.120. The van der Waals surface area contributed by atoms with Crippen LogP contribution in [0.15, 0.2) is 0 Å². The van der Waals surface area contributed by atoms with Crippen molar-refractivity contribution in [2.45, 2.75) is 44.8 Å². The lowest BCUT2D eigenvalue weighted by atomic mass is 10.1. The molecule has 1 rings (SSSR count). The van der Waals surface area contributed by atoms with E-state index in [-0.39, 0.29) is 18.7 Å². The summed E-state index contributed by atoms with van der Waals surface area (Å²) in [5.74, 6) is 0. The quantitative estimate of drug-likeness (QED) is 0.638. The molecule has 3 N–H and O–H groups in total. The van der Waals surface area contributed by atoms with Crippen molar-refractivity contribution in [1.82, 2.24) is 4.90 Å². The molecule has 1 heterocycles. The van der Waals surface area contributed by atoms with Crippen molar-refractivity contribution in [1.29, 1.82) is 0 Å². The Morgan fingerprint density at radius 1 is 1.67 bits per heavy atom. The molecule has 3 nitrogen and oxygen atoms in total. The monoisotopic (exact) mass is 172 g/mol. The van der Waals surface area contributed by atoms with Crippen molar-refractivity contribution in [3.8, 4) is 0 Å². The van der Waals surface area contributed by atoms with E-state index >= 15 is 0 Å². The van der Waals surface area contributed by atoms with Gasteiger partial charge in [0.25, 0.3) is 0 Å². The second-order valence-electron chi connectivity index (χ2n) is 3.84. The van der Waals surface area contributed by atoms with Crippen molar-refractivity contribution in [2.24, 2.45) is 5.73 Å². The third-order valence-electron chi connectivity index (χ3n) is 2.82. The highest BCUT2D eigenvalue weighted by Gasteiger charge is 2.29. The number of hydrogen-bond donors (Lipinski definition) is 2. The third kappa shape index (κ3) is 1.97. The molecule has 0 bridgehead atoms. The summed E-state index contributed by atoms with van der Waals surface area (Å²) in [6.07, 6.45) is 2.48. The van der Waals surface area contributed by atoms with Crippen molar-refractivity contribution in [3.05, 3.63) is 0 Å². The lowest BCUT2D eigenvalue weighted by molar-refractivity contribution is 0.103. The van der Waals surface area contributed by atoms with E-state index in [1.165, 1.54) is 12.8 Å². The van der Waals surface area contributed by atoms with Crippen LogP contribution < -0.4 is 5.73 Å². The van der Waals surface area contributed by atoms with Gasteiger partial charge in [-0.05, 0) is 33.2 Å². The van der Waals surface area contributed by atoms with Gasteiger partial charge in [0.1, 0.15) is 0 Å². The molecule has 0 aromatic heterocycles. The van der Waals surface area contributed by atoms with Gasteiger partial charge in [-0.25, -0.2) is 0 Å². The van der Waals surface area contributed by atoms with Crippen LogP contribution in [0.3, 0.4) is 0 Å². The zero-order valence-corrected chi connectivity index (χ0v) is 8.03. The Balaban J connectivity index is 2.52. The van der Waals surface area contributed by atoms with Gasteiger partial charge in [0.15, 0.2) is 0 Å². The zero-order valence-electron chi connectivity index (χ0n) is 8.03. The van der Waals surface area contributed by atoms with Gasteiger partial charge in [-0.1, -0.05) is 0 Å². The SMILES string of the molecule is CC(N)C(CO)N1CCCC1C.